The summed E-state index contributed by atoms with van der Waals surface area (Å²) in [7, 11) is 0. The van der Waals surface area contributed by atoms with Gasteiger partial charge in [0.15, 0.2) is 0 Å². The molecule has 0 saturated carbocycles. The summed E-state index contributed by atoms with van der Waals surface area (Å²) in [6.45, 7) is 3.05. The smallest absolute Gasteiger partial charge is 0.00135 e. The third kappa shape index (κ3) is 1.72. The van der Waals surface area contributed by atoms with E-state index in [0.717, 1.165) is 6.54 Å². The van der Waals surface area contributed by atoms with Gasteiger partial charge in [-0.2, -0.15) is 0 Å². The fourth-order valence-corrected chi connectivity index (χ4v) is 0.421. The predicted molar refractivity (Wildman–Crippen MR) is 26.7 cm³/mol. The van der Waals surface area contributed by atoms with E-state index in [-0.39, 0.29) is 18.6 Å². The summed E-state index contributed by atoms with van der Waals surface area (Å²) in [4.78, 5) is 3.73. The first-order chi connectivity index (χ1) is 3.43. The van der Waals surface area contributed by atoms with E-state index < -0.39 is 0 Å². The topological polar surface area (TPSA) is 17.8 Å². The van der Waals surface area contributed by atoms with E-state index in [1.807, 2.05) is 10.8 Å². The average molecular weight is 146 g/mol. The minimum absolute atomic E-state index is 0. The summed E-state index contributed by atoms with van der Waals surface area (Å²) in [5, 5.41) is 0. The minimum atomic E-state index is 0. The molecular formula is C5H7N2V-. The van der Waals surface area contributed by atoms with Crippen molar-refractivity contribution in [2.24, 2.45) is 0 Å². The molecule has 8 heavy (non-hydrogen) atoms. The number of hydrogen-bond acceptors (Lipinski definition) is 1. The molecule has 0 unspecified atom stereocenters. The van der Waals surface area contributed by atoms with Gasteiger partial charge in [-0.05, 0) is 6.92 Å². The number of hydrogen-bond donors (Lipinski definition) is 0. The van der Waals surface area contributed by atoms with Gasteiger partial charge in [-0.25, -0.2) is 0 Å². The van der Waals surface area contributed by atoms with E-state index in [4.69, 9.17) is 0 Å². The van der Waals surface area contributed by atoms with Crippen LogP contribution in [0.2, 0.25) is 0 Å². The number of aromatic nitrogens is 2. The summed E-state index contributed by atoms with van der Waals surface area (Å²) >= 11 is 0. The molecule has 0 N–H and O–H groups in total. The maximum atomic E-state index is 3.73. The van der Waals surface area contributed by atoms with Crippen LogP contribution in [0.5, 0.6) is 0 Å². The standard InChI is InChI=1S/C5H7N2.V/c1-2-7-4-3-6-5-7;/h4-5H,2H2,1H3;/q-1;. The summed E-state index contributed by atoms with van der Waals surface area (Å²) in [5.74, 6) is 0. The van der Waals surface area contributed by atoms with Crippen molar-refractivity contribution >= 4 is 0 Å². The number of aryl methyl sites for hydroxylation is 1. The summed E-state index contributed by atoms with van der Waals surface area (Å²) in [6.07, 6.45) is 6.26. The fourth-order valence-electron chi connectivity index (χ4n) is 0.421. The second-order valence-corrected chi connectivity index (χ2v) is 1.33. The van der Waals surface area contributed by atoms with Crippen LogP contribution in [-0.4, -0.2) is 9.55 Å². The molecule has 0 aliphatic heterocycles. The second kappa shape index (κ2) is 3.75. The molecule has 0 amide bonds. The van der Waals surface area contributed by atoms with Gasteiger partial charge in [0.1, 0.15) is 0 Å². The Bertz CT molecular complexity index is 125. The van der Waals surface area contributed by atoms with Crippen LogP contribution in [0.15, 0.2) is 12.5 Å². The molecule has 1 aromatic rings. The van der Waals surface area contributed by atoms with Crippen molar-refractivity contribution < 1.29 is 18.6 Å². The van der Waals surface area contributed by atoms with Crippen molar-refractivity contribution in [1.82, 2.24) is 9.55 Å². The van der Waals surface area contributed by atoms with Crippen molar-refractivity contribution in [2.45, 2.75) is 13.5 Å². The van der Waals surface area contributed by atoms with Gasteiger partial charge in [0.2, 0.25) is 0 Å². The predicted octanol–water partition coefficient (Wildman–Crippen LogP) is 0.701. The van der Waals surface area contributed by atoms with Crippen LogP contribution in [0, 0.1) is 6.20 Å². The maximum absolute atomic E-state index is 3.73. The minimum Gasteiger partial charge on any atom is -0.442 e. The van der Waals surface area contributed by atoms with Gasteiger partial charge in [-0.1, -0.05) is 12.5 Å². The molecule has 1 radical (unpaired) electrons. The quantitative estimate of drug-likeness (QED) is 0.533. The SMILES string of the molecule is CCn1c[c-]nc1.[V]. The zero-order valence-electron chi connectivity index (χ0n) is 4.70. The molecule has 1 rings (SSSR count). The summed E-state index contributed by atoms with van der Waals surface area (Å²) < 4.78 is 1.96. The Hall–Kier alpha value is -0.206. The van der Waals surface area contributed by atoms with Crippen LogP contribution in [0.1, 0.15) is 6.92 Å². The monoisotopic (exact) mass is 146 g/mol. The van der Waals surface area contributed by atoms with E-state index in [1.54, 1.807) is 6.33 Å². The molecular weight excluding hydrogens is 139 g/mol. The average Bonchev–Trinajstić information content (AvgIpc) is 2.14. The molecule has 3 heteroatoms. The molecule has 2 nitrogen and oxygen atoms in total. The third-order valence-corrected chi connectivity index (χ3v) is 0.869. The molecule has 0 bridgehead atoms. The van der Waals surface area contributed by atoms with E-state index in [1.165, 1.54) is 0 Å². The van der Waals surface area contributed by atoms with Crippen LogP contribution >= 0.6 is 0 Å². The van der Waals surface area contributed by atoms with Crippen molar-refractivity contribution in [3.05, 3.63) is 18.7 Å². The number of nitrogens with zero attached hydrogens (tertiary/aromatic N) is 2. The molecule has 43 valence electrons. The molecule has 0 atom stereocenters. The molecule has 0 aliphatic carbocycles. The Labute approximate surface area is 60.8 Å². The summed E-state index contributed by atoms with van der Waals surface area (Å²) in [5.41, 5.74) is 0. The maximum Gasteiger partial charge on any atom is 0.00135 e. The molecule has 1 aromatic heterocycles. The van der Waals surface area contributed by atoms with Gasteiger partial charge in [-0.3, -0.25) is 0 Å². The fraction of sp³-hybridized carbons (Fsp3) is 0.400. The molecule has 1 heterocycles. The van der Waals surface area contributed by atoms with Crippen LogP contribution in [0.3, 0.4) is 0 Å². The van der Waals surface area contributed by atoms with E-state index in [0.29, 0.717) is 0 Å². The van der Waals surface area contributed by atoms with E-state index in [9.17, 15) is 0 Å². The van der Waals surface area contributed by atoms with Crippen LogP contribution < -0.4 is 0 Å². The van der Waals surface area contributed by atoms with Gasteiger partial charge >= 0.3 is 0 Å². The van der Waals surface area contributed by atoms with Crippen LogP contribution in [-0.2, 0) is 25.1 Å². The van der Waals surface area contributed by atoms with Crippen molar-refractivity contribution in [3.8, 4) is 0 Å². The van der Waals surface area contributed by atoms with Gasteiger partial charge in [0.05, 0.1) is 0 Å². The van der Waals surface area contributed by atoms with E-state index >= 15 is 0 Å². The van der Waals surface area contributed by atoms with Crippen LogP contribution in [0.25, 0.3) is 0 Å². The number of rotatable bonds is 1. The Kier molecular flexibility index (Phi) is 3.66. The Morgan fingerprint density at radius 1 is 1.75 bits per heavy atom. The first-order valence-electron chi connectivity index (χ1n) is 2.31. The first-order valence-corrected chi connectivity index (χ1v) is 2.31. The zero-order chi connectivity index (χ0) is 5.11. The number of imidazole rings is 1. The van der Waals surface area contributed by atoms with Gasteiger partial charge in [-0.15, -0.1) is 6.20 Å². The Morgan fingerprint density at radius 2 is 2.50 bits per heavy atom. The third-order valence-electron chi connectivity index (χ3n) is 0.869. The van der Waals surface area contributed by atoms with Gasteiger partial charge in [0.25, 0.3) is 0 Å². The van der Waals surface area contributed by atoms with Gasteiger partial charge < -0.3 is 9.55 Å². The second-order valence-electron chi connectivity index (χ2n) is 1.33. The molecule has 0 saturated heterocycles. The van der Waals surface area contributed by atoms with E-state index in [2.05, 4.69) is 18.1 Å². The first kappa shape index (κ1) is 7.79. The van der Waals surface area contributed by atoms with Crippen molar-refractivity contribution in [1.29, 1.82) is 0 Å². The molecule has 0 spiro atoms. The molecule has 0 aliphatic rings. The Morgan fingerprint density at radius 3 is 2.75 bits per heavy atom. The normalized spacial score (nSPS) is 8.12. The van der Waals surface area contributed by atoms with Gasteiger partial charge in [0, 0.05) is 25.1 Å². The van der Waals surface area contributed by atoms with Crippen molar-refractivity contribution in [3.63, 3.8) is 0 Å². The van der Waals surface area contributed by atoms with Crippen molar-refractivity contribution in [2.75, 3.05) is 0 Å². The Balaban J connectivity index is 0.000000490. The molecule has 0 aromatic carbocycles. The summed E-state index contributed by atoms with van der Waals surface area (Å²) in [6, 6.07) is 0. The van der Waals surface area contributed by atoms with Crippen LogP contribution in [0.4, 0.5) is 0 Å². The zero-order valence-corrected chi connectivity index (χ0v) is 6.10. The molecule has 0 fully saturated rings. The largest absolute Gasteiger partial charge is 0.442 e.